The van der Waals surface area contributed by atoms with Gasteiger partial charge in [0, 0.05) is 4.87 Å². The fourth-order valence-corrected chi connectivity index (χ4v) is 0. The zero-order chi connectivity index (χ0) is 4.50. The Labute approximate surface area is 47.9 Å². The number of rotatable bonds is 0. The molecule has 0 saturated heterocycles. The van der Waals surface area contributed by atoms with Gasteiger partial charge in [-0.3, -0.25) is 0 Å². The van der Waals surface area contributed by atoms with Crippen molar-refractivity contribution in [2.24, 2.45) is 0 Å². The number of halogens is 1. The van der Waals surface area contributed by atoms with Gasteiger partial charge in [0.15, 0.2) is 0 Å². The summed E-state index contributed by atoms with van der Waals surface area (Å²) in [5.41, 5.74) is 0. The fourth-order valence-electron chi connectivity index (χ4n) is 0. The van der Waals surface area contributed by atoms with Gasteiger partial charge < -0.3 is 0 Å². The van der Waals surface area contributed by atoms with E-state index in [-0.39, 0.29) is 14.8 Å². The molecular weight excluding hydrogens is 114 g/mol. The second kappa shape index (κ2) is 2.82. The van der Waals surface area contributed by atoms with Crippen molar-refractivity contribution in [1.29, 1.82) is 0 Å². The number of hydrogen-bond donors (Lipinski definition) is 0. The Bertz CT molecular complexity index is 23.0. The quantitative estimate of drug-likeness (QED) is 0.344. The summed E-state index contributed by atoms with van der Waals surface area (Å²) < 4.78 is 0. The molecule has 6 heavy (non-hydrogen) atoms. The first kappa shape index (κ1) is 9.87. The van der Waals surface area contributed by atoms with E-state index in [1.807, 2.05) is 20.8 Å². The van der Waals surface area contributed by atoms with E-state index in [1.54, 1.807) is 0 Å². The molecule has 0 heterocycles. The molecule has 0 amide bonds. The van der Waals surface area contributed by atoms with Crippen molar-refractivity contribution in [3.63, 3.8) is 0 Å². The van der Waals surface area contributed by atoms with E-state index in [0.717, 1.165) is 0 Å². The molecule has 1 unspecified atom stereocenters. The minimum atomic E-state index is -0.0278. The molecular formula is C4H12ClP. The van der Waals surface area contributed by atoms with E-state index in [4.69, 9.17) is 11.6 Å². The summed E-state index contributed by atoms with van der Waals surface area (Å²) in [6.07, 6.45) is 0. The minimum Gasteiger partial charge on any atom is -0.153 e. The first-order valence-electron chi connectivity index (χ1n) is 1.69. The summed E-state index contributed by atoms with van der Waals surface area (Å²) in [7, 11) is 0. The molecule has 0 aromatic carbocycles. The lowest BCUT2D eigenvalue weighted by Crippen LogP contribution is -1.99. The van der Waals surface area contributed by atoms with E-state index in [1.165, 1.54) is 0 Å². The summed E-state index contributed by atoms with van der Waals surface area (Å²) >= 11 is 5.53. The van der Waals surface area contributed by atoms with Crippen LogP contribution in [-0.4, -0.2) is 4.87 Å². The molecule has 0 aromatic heterocycles. The van der Waals surface area contributed by atoms with E-state index in [2.05, 4.69) is 0 Å². The van der Waals surface area contributed by atoms with Crippen LogP contribution in [0.2, 0.25) is 0 Å². The summed E-state index contributed by atoms with van der Waals surface area (Å²) in [6.45, 7) is 5.86. The van der Waals surface area contributed by atoms with Crippen molar-refractivity contribution in [1.82, 2.24) is 0 Å². The van der Waals surface area contributed by atoms with Crippen LogP contribution >= 0.6 is 21.5 Å². The summed E-state index contributed by atoms with van der Waals surface area (Å²) in [4.78, 5) is -0.0278. The molecule has 0 aromatic rings. The van der Waals surface area contributed by atoms with Crippen LogP contribution in [0, 0.1) is 0 Å². The molecule has 0 aliphatic heterocycles. The summed E-state index contributed by atoms with van der Waals surface area (Å²) in [5, 5.41) is 0. The van der Waals surface area contributed by atoms with E-state index < -0.39 is 0 Å². The SMILES string of the molecule is CC(C)(C)Cl.P. The van der Waals surface area contributed by atoms with Crippen molar-refractivity contribution in [2.75, 3.05) is 0 Å². The highest BCUT2D eigenvalue weighted by Gasteiger charge is 1.99. The summed E-state index contributed by atoms with van der Waals surface area (Å²) in [5.74, 6) is 0. The van der Waals surface area contributed by atoms with Crippen LogP contribution in [0.25, 0.3) is 0 Å². The Balaban J connectivity index is 0. The number of hydrogen-bond acceptors (Lipinski definition) is 0. The fraction of sp³-hybridized carbons (Fsp3) is 1.00. The van der Waals surface area contributed by atoms with Crippen molar-refractivity contribution in [2.45, 2.75) is 25.6 Å². The van der Waals surface area contributed by atoms with Crippen LogP contribution in [0.4, 0.5) is 0 Å². The molecule has 2 heteroatoms. The zero-order valence-electron chi connectivity index (χ0n) is 4.59. The van der Waals surface area contributed by atoms with Gasteiger partial charge in [0.25, 0.3) is 0 Å². The van der Waals surface area contributed by atoms with Gasteiger partial charge in [-0.2, -0.15) is 9.90 Å². The van der Waals surface area contributed by atoms with Crippen LogP contribution in [0.3, 0.4) is 0 Å². The molecule has 0 nitrogen and oxygen atoms in total. The molecule has 0 saturated carbocycles. The maximum atomic E-state index is 5.53. The Morgan fingerprint density at radius 2 is 1.17 bits per heavy atom. The largest absolute Gasteiger partial charge is 0.153 e. The lowest BCUT2D eigenvalue weighted by Gasteiger charge is -2.01. The predicted molar refractivity (Wildman–Crippen MR) is 36.7 cm³/mol. The molecule has 0 spiro atoms. The van der Waals surface area contributed by atoms with Gasteiger partial charge in [0.05, 0.1) is 0 Å². The maximum absolute atomic E-state index is 5.53. The highest BCUT2D eigenvalue weighted by atomic mass is 35.5. The molecule has 0 rings (SSSR count). The lowest BCUT2D eigenvalue weighted by atomic mass is 10.3. The van der Waals surface area contributed by atoms with Gasteiger partial charge >= 0.3 is 0 Å². The van der Waals surface area contributed by atoms with Crippen molar-refractivity contribution >= 4 is 21.5 Å². The average molecular weight is 127 g/mol. The monoisotopic (exact) mass is 126 g/mol. The third-order valence-electron chi connectivity index (χ3n) is 0. The molecule has 0 radical (unpaired) electrons. The highest BCUT2D eigenvalue weighted by molar-refractivity contribution is 6.92. The van der Waals surface area contributed by atoms with Gasteiger partial charge in [-0.15, -0.1) is 11.6 Å². The van der Waals surface area contributed by atoms with Crippen LogP contribution in [0.15, 0.2) is 0 Å². The Morgan fingerprint density at radius 3 is 1.17 bits per heavy atom. The van der Waals surface area contributed by atoms with Gasteiger partial charge in [0.1, 0.15) is 0 Å². The summed E-state index contributed by atoms with van der Waals surface area (Å²) in [6, 6.07) is 0. The lowest BCUT2D eigenvalue weighted by molar-refractivity contribution is 0.788. The standard InChI is InChI=1S/C4H9Cl.H3P/c1-4(2,3)5;/h1-3H3;1H3. The first-order chi connectivity index (χ1) is 2.00. The van der Waals surface area contributed by atoms with E-state index in [0.29, 0.717) is 0 Å². The smallest absolute Gasteiger partial charge is 0.0362 e. The Kier molecular flexibility index (Phi) is 4.64. The molecule has 0 bridgehead atoms. The normalized spacial score (nSPS) is 10.0. The molecule has 40 valence electrons. The van der Waals surface area contributed by atoms with Crippen molar-refractivity contribution in [3.8, 4) is 0 Å². The van der Waals surface area contributed by atoms with Gasteiger partial charge in [-0.05, 0) is 20.8 Å². The average Bonchev–Trinajstić information content (AvgIpc) is 0.722. The molecule has 0 aliphatic rings. The second-order valence-corrected chi connectivity index (χ2v) is 3.20. The highest BCUT2D eigenvalue weighted by Crippen LogP contribution is 2.07. The molecule has 1 atom stereocenters. The second-order valence-electron chi connectivity index (χ2n) is 2.07. The first-order valence-corrected chi connectivity index (χ1v) is 2.07. The third-order valence-corrected chi connectivity index (χ3v) is 0. The molecule has 0 fully saturated rings. The van der Waals surface area contributed by atoms with Crippen molar-refractivity contribution < 1.29 is 0 Å². The van der Waals surface area contributed by atoms with Crippen LogP contribution in [-0.2, 0) is 0 Å². The minimum absolute atomic E-state index is 0. The topological polar surface area (TPSA) is 0 Å². The van der Waals surface area contributed by atoms with Crippen LogP contribution in [0.1, 0.15) is 20.8 Å². The van der Waals surface area contributed by atoms with Crippen LogP contribution < -0.4 is 0 Å². The van der Waals surface area contributed by atoms with Gasteiger partial charge in [-0.25, -0.2) is 0 Å². The van der Waals surface area contributed by atoms with Crippen molar-refractivity contribution in [3.05, 3.63) is 0 Å². The molecule has 0 N–H and O–H groups in total. The Morgan fingerprint density at radius 1 is 1.17 bits per heavy atom. The van der Waals surface area contributed by atoms with E-state index in [9.17, 15) is 0 Å². The molecule has 0 aliphatic carbocycles. The predicted octanol–water partition coefficient (Wildman–Crippen LogP) is 2.08. The van der Waals surface area contributed by atoms with Gasteiger partial charge in [-0.1, -0.05) is 0 Å². The van der Waals surface area contributed by atoms with Gasteiger partial charge in [0.2, 0.25) is 0 Å². The maximum Gasteiger partial charge on any atom is 0.0362 e. The zero-order valence-corrected chi connectivity index (χ0v) is 6.76. The van der Waals surface area contributed by atoms with Crippen LogP contribution in [0.5, 0.6) is 0 Å². The third kappa shape index (κ3) is 126. The van der Waals surface area contributed by atoms with E-state index >= 15 is 0 Å². The number of alkyl halides is 1. The Hall–Kier alpha value is 0.720.